The van der Waals surface area contributed by atoms with Crippen molar-refractivity contribution in [2.24, 2.45) is 0 Å². The van der Waals surface area contributed by atoms with Gasteiger partial charge in [-0.1, -0.05) is 0 Å². The predicted molar refractivity (Wildman–Crippen MR) is 92.6 cm³/mol. The maximum Gasteiger partial charge on any atom is 0.318 e. The highest BCUT2D eigenvalue weighted by atomic mass is 16.5. The van der Waals surface area contributed by atoms with Crippen molar-refractivity contribution in [3.8, 4) is 11.8 Å². The predicted octanol–water partition coefficient (Wildman–Crippen LogP) is 1.58. The zero-order valence-electron chi connectivity index (χ0n) is 14.2. The smallest absolute Gasteiger partial charge is 0.318 e. The van der Waals surface area contributed by atoms with E-state index >= 15 is 0 Å². The van der Waals surface area contributed by atoms with Crippen LogP contribution < -0.4 is 19.7 Å². The van der Waals surface area contributed by atoms with E-state index in [1.807, 2.05) is 4.90 Å². The van der Waals surface area contributed by atoms with E-state index in [2.05, 4.69) is 15.3 Å². The van der Waals surface area contributed by atoms with Gasteiger partial charge < -0.3 is 24.4 Å². The standard InChI is InChI=1S/C17H20N4O4/c1-23-13-5-3-12(4-6-13)16(22)19-14-11-18-17(24-2)20-15(14)21-7-9-25-10-8-21/h3-6,11H,7-10H2,1-2H3,(H,19,22). The lowest BCUT2D eigenvalue weighted by Gasteiger charge is -2.29. The summed E-state index contributed by atoms with van der Waals surface area (Å²) in [7, 11) is 3.09. The quantitative estimate of drug-likeness (QED) is 0.881. The number of carbonyl (C=O) groups is 1. The second-order valence-electron chi connectivity index (χ2n) is 5.38. The molecule has 0 atom stereocenters. The molecule has 0 aliphatic carbocycles. The fourth-order valence-electron chi connectivity index (χ4n) is 2.50. The molecule has 0 unspecified atom stereocenters. The topological polar surface area (TPSA) is 85.8 Å². The van der Waals surface area contributed by atoms with Crippen LogP contribution in [0.4, 0.5) is 11.5 Å². The third-order valence-electron chi connectivity index (χ3n) is 3.84. The Kier molecular flexibility index (Phi) is 5.30. The summed E-state index contributed by atoms with van der Waals surface area (Å²) in [5.74, 6) is 1.07. The van der Waals surface area contributed by atoms with Gasteiger partial charge in [0.05, 0.1) is 33.6 Å². The number of morpholine rings is 1. The van der Waals surface area contributed by atoms with Gasteiger partial charge in [0, 0.05) is 18.7 Å². The molecular formula is C17H20N4O4. The molecule has 0 bridgehead atoms. The third-order valence-corrected chi connectivity index (χ3v) is 3.84. The van der Waals surface area contributed by atoms with Crippen molar-refractivity contribution in [2.45, 2.75) is 0 Å². The monoisotopic (exact) mass is 344 g/mol. The third kappa shape index (κ3) is 3.97. The van der Waals surface area contributed by atoms with Crippen molar-refractivity contribution in [3.05, 3.63) is 36.0 Å². The fraction of sp³-hybridized carbons (Fsp3) is 0.353. The molecule has 0 saturated carbocycles. The minimum Gasteiger partial charge on any atom is -0.497 e. The number of carbonyl (C=O) groups excluding carboxylic acids is 1. The summed E-state index contributed by atoms with van der Waals surface area (Å²) < 4.78 is 15.6. The minimum absolute atomic E-state index is 0.245. The first-order chi connectivity index (χ1) is 12.2. The van der Waals surface area contributed by atoms with Crippen LogP contribution in [0, 0.1) is 0 Å². The van der Waals surface area contributed by atoms with Gasteiger partial charge in [0.1, 0.15) is 11.4 Å². The molecule has 1 aromatic heterocycles. The van der Waals surface area contributed by atoms with E-state index in [9.17, 15) is 4.79 Å². The Morgan fingerprint density at radius 1 is 1.16 bits per heavy atom. The van der Waals surface area contributed by atoms with E-state index in [-0.39, 0.29) is 11.9 Å². The molecule has 1 amide bonds. The number of nitrogens with zero attached hydrogens (tertiary/aromatic N) is 3. The normalized spacial score (nSPS) is 14.1. The molecule has 1 saturated heterocycles. The molecule has 1 aliphatic heterocycles. The molecule has 25 heavy (non-hydrogen) atoms. The number of anilines is 2. The average Bonchev–Trinajstić information content (AvgIpc) is 2.69. The number of hydrogen-bond donors (Lipinski definition) is 1. The second-order valence-corrected chi connectivity index (χ2v) is 5.38. The van der Waals surface area contributed by atoms with Crippen LogP contribution in [0.2, 0.25) is 0 Å². The Labute approximate surface area is 145 Å². The van der Waals surface area contributed by atoms with Gasteiger partial charge in [0.25, 0.3) is 5.91 Å². The molecule has 1 aromatic carbocycles. The van der Waals surface area contributed by atoms with Crippen LogP contribution in [0.15, 0.2) is 30.5 Å². The first-order valence-electron chi connectivity index (χ1n) is 7.90. The van der Waals surface area contributed by atoms with Crippen molar-refractivity contribution >= 4 is 17.4 Å². The van der Waals surface area contributed by atoms with Gasteiger partial charge in [0.15, 0.2) is 5.82 Å². The highest BCUT2D eigenvalue weighted by Crippen LogP contribution is 2.26. The maximum atomic E-state index is 12.5. The van der Waals surface area contributed by atoms with Crippen molar-refractivity contribution in [3.63, 3.8) is 0 Å². The average molecular weight is 344 g/mol. The molecule has 0 radical (unpaired) electrons. The van der Waals surface area contributed by atoms with E-state index in [0.29, 0.717) is 49.1 Å². The molecule has 1 N–H and O–H groups in total. The second kappa shape index (κ2) is 7.80. The van der Waals surface area contributed by atoms with Gasteiger partial charge in [-0.05, 0) is 24.3 Å². The van der Waals surface area contributed by atoms with Gasteiger partial charge >= 0.3 is 6.01 Å². The number of methoxy groups -OCH3 is 2. The van der Waals surface area contributed by atoms with Crippen LogP contribution in [0.5, 0.6) is 11.8 Å². The van der Waals surface area contributed by atoms with Crippen molar-refractivity contribution < 1.29 is 19.0 Å². The Morgan fingerprint density at radius 3 is 2.52 bits per heavy atom. The Balaban J connectivity index is 1.83. The van der Waals surface area contributed by atoms with E-state index in [4.69, 9.17) is 14.2 Å². The summed E-state index contributed by atoms with van der Waals surface area (Å²) in [4.78, 5) is 23.1. The van der Waals surface area contributed by atoms with E-state index < -0.39 is 0 Å². The summed E-state index contributed by atoms with van der Waals surface area (Å²) in [5, 5.41) is 2.87. The van der Waals surface area contributed by atoms with E-state index in [0.717, 1.165) is 0 Å². The number of benzene rings is 1. The molecule has 1 aliphatic rings. The Hall–Kier alpha value is -2.87. The molecule has 2 heterocycles. The van der Waals surface area contributed by atoms with Gasteiger partial charge in [0.2, 0.25) is 0 Å². The molecule has 0 spiro atoms. The summed E-state index contributed by atoms with van der Waals surface area (Å²) in [6, 6.07) is 7.13. The van der Waals surface area contributed by atoms with Crippen LogP contribution in [-0.4, -0.2) is 56.4 Å². The highest BCUT2D eigenvalue weighted by Gasteiger charge is 2.20. The molecule has 2 aromatic rings. The number of ether oxygens (including phenoxy) is 3. The van der Waals surface area contributed by atoms with E-state index in [1.165, 1.54) is 7.11 Å². The first-order valence-corrected chi connectivity index (χ1v) is 7.90. The molecule has 3 rings (SSSR count). The molecule has 8 nitrogen and oxygen atoms in total. The van der Waals surface area contributed by atoms with Gasteiger partial charge in [-0.2, -0.15) is 4.98 Å². The number of amides is 1. The lowest BCUT2D eigenvalue weighted by Crippen LogP contribution is -2.37. The summed E-state index contributed by atoms with van der Waals surface area (Å²) in [6.45, 7) is 2.59. The van der Waals surface area contributed by atoms with Crippen LogP contribution in [0.1, 0.15) is 10.4 Å². The zero-order chi connectivity index (χ0) is 17.6. The summed E-state index contributed by atoms with van der Waals surface area (Å²) in [6.07, 6.45) is 1.55. The highest BCUT2D eigenvalue weighted by molar-refractivity contribution is 6.05. The lowest BCUT2D eigenvalue weighted by atomic mass is 10.2. The van der Waals surface area contributed by atoms with E-state index in [1.54, 1.807) is 37.6 Å². The van der Waals surface area contributed by atoms with Crippen LogP contribution in [0.3, 0.4) is 0 Å². The number of rotatable bonds is 5. The Morgan fingerprint density at radius 2 is 1.88 bits per heavy atom. The molecular weight excluding hydrogens is 324 g/mol. The minimum atomic E-state index is -0.245. The van der Waals surface area contributed by atoms with Gasteiger partial charge in [-0.3, -0.25) is 4.79 Å². The van der Waals surface area contributed by atoms with Crippen molar-refractivity contribution in [1.29, 1.82) is 0 Å². The summed E-state index contributed by atoms with van der Waals surface area (Å²) >= 11 is 0. The number of hydrogen-bond acceptors (Lipinski definition) is 7. The SMILES string of the molecule is COc1ccc(C(=O)Nc2cnc(OC)nc2N2CCOCC2)cc1. The first kappa shape index (κ1) is 17.0. The van der Waals surface area contributed by atoms with Crippen LogP contribution >= 0.6 is 0 Å². The molecule has 132 valence electrons. The Bertz CT molecular complexity index is 730. The maximum absolute atomic E-state index is 12.5. The van der Waals surface area contributed by atoms with Crippen LogP contribution in [0.25, 0.3) is 0 Å². The largest absolute Gasteiger partial charge is 0.497 e. The molecule has 8 heteroatoms. The number of nitrogens with one attached hydrogen (secondary N) is 1. The molecule has 1 fully saturated rings. The summed E-state index contributed by atoms with van der Waals surface area (Å²) in [5.41, 5.74) is 1.05. The van der Waals surface area contributed by atoms with Crippen molar-refractivity contribution in [1.82, 2.24) is 9.97 Å². The fourth-order valence-corrected chi connectivity index (χ4v) is 2.50. The zero-order valence-corrected chi connectivity index (χ0v) is 14.2. The van der Waals surface area contributed by atoms with Crippen molar-refractivity contribution in [2.75, 3.05) is 50.7 Å². The van der Waals surface area contributed by atoms with Gasteiger partial charge in [-0.15, -0.1) is 0 Å². The lowest BCUT2D eigenvalue weighted by molar-refractivity contribution is 0.102. The van der Waals surface area contributed by atoms with Crippen LogP contribution in [-0.2, 0) is 4.74 Å². The van der Waals surface area contributed by atoms with Gasteiger partial charge in [-0.25, -0.2) is 4.98 Å². The number of aromatic nitrogens is 2.